The third-order valence-corrected chi connectivity index (χ3v) is 9.35. The Labute approximate surface area is 236 Å². The van der Waals surface area contributed by atoms with Crippen molar-refractivity contribution in [2.75, 3.05) is 19.0 Å². The van der Waals surface area contributed by atoms with Crippen LogP contribution in [0.4, 0.5) is 5.82 Å². The highest BCUT2D eigenvalue weighted by molar-refractivity contribution is 7.84. The molecule has 2 aromatic heterocycles. The van der Waals surface area contributed by atoms with Crippen LogP contribution in [0.2, 0.25) is 5.02 Å². The van der Waals surface area contributed by atoms with E-state index < -0.39 is 22.5 Å². The molecule has 1 aliphatic heterocycles. The summed E-state index contributed by atoms with van der Waals surface area (Å²) in [7, 11) is -2.72. The topological polar surface area (TPSA) is 140 Å². The molecule has 1 aromatic carbocycles. The van der Waals surface area contributed by atoms with Gasteiger partial charge in [0.05, 0.1) is 22.6 Å². The van der Waals surface area contributed by atoms with Crippen molar-refractivity contribution in [2.45, 2.75) is 56.5 Å². The van der Waals surface area contributed by atoms with Crippen molar-refractivity contribution in [1.29, 1.82) is 0 Å². The molecule has 0 amide bonds. The maximum atomic E-state index is 13.7. The molecule has 39 heavy (non-hydrogen) atoms. The fourth-order valence-electron chi connectivity index (χ4n) is 4.96. The van der Waals surface area contributed by atoms with E-state index in [4.69, 9.17) is 20.5 Å². The smallest absolute Gasteiger partial charge is 0.335 e. The van der Waals surface area contributed by atoms with Crippen molar-refractivity contribution in [3.63, 3.8) is 0 Å². The van der Waals surface area contributed by atoms with E-state index in [9.17, 15) is 18.3 Å². The van der Waals surface area contributed by atoms with Crippen molar-refractivity contribution >= 4 is 44.8 Å². The number of nitrogens with one attached hydrogen (secondary N) is 2. The third-order valence-electron chi connectivity index (χ3n) is 6.84. The summed E-state index contributed by atoms with van der Waals surface area (Å²) < 4.78 is 36.7. The zero-order chi connectivity index (χ0) is 27.6. The minimum atomic E-state index is -3.96. The molecular formula is C26H29ClN4O6S2. The van der Waals surface area contributed by atoms with Gasteiger partial charge in [-0.1, -0.05) is 23.7 Å². The van der Waals surface area contributed by atoms with E-state index in [2.05, 4.69) is 20.0 Å². The molecule has 3 aromatic rings. The minimum absolute atomic E-state index is 0.0545. The van der Waals surface area contributed by atoms with E-state index in [1.54, 1.807) is 0 Å². The molecule has 1 aliphatic carbocycles. The summed E-state index contributed by atoms with van der Waals surface area (Å²) in [5.41, 5.74) is 2.35. The van der Waals surface area contributed by atoms with Crippen LogP contribution in [0.15, 0.2) is 42.9 Å². The van der Waals surface area contributed by atoms with Gasteiger partial charge in [-0.2, -0.15) is 13.1 Å². The first-order valence-electron chi connectivity index (χ1n) is 12.6. The highest BCUT2D eigenvalue weighted by atomic mass is 35.5. The van der Waals surface area contributed by atoms with Gasteiger partial charge >= 0.3 is 10.3 Å². The largest absolute Gasteiger partial charge is 0.390 e. The molecule has 2 aliphatic rings. The van der Waals surface area contributed by atoms with Gasteiger partial charge in [0.15, 0.2) is 0 Å². The first-order chi connectivity index (χ1) is 18.7. The number of carbonyl (C=O) groups is 1. The highest BCUT2D eigenvalue weighted by Crippen LogP contribution is 2.39. The average molecular weight is 593 g/mol. The fourth-order valence-corrected chi connectivity index (χ4v) is 7.02. The average Bonchev–Trinajstić information content (AvgIpc) is 3.65. The SMILES string of the molecule is CNS(=O)(=O)O[C@@H]1C[C@H](Nc2ncncc2C(=O)c2cc(Cc3cccc(Cl)c3)c([C@@H]3CCCO3)s2)C[C@@H]1O. The van der Waals surface area contributed by atoms with Gasteiger partial charge in [-0.05, 0) is 61.4 Å². The summed E-state index contributed by atoms with van der Waals surface area (Å²) in [4.78, 5) is 23.7. The Balaban J connectivity index is 1.38. The Kier molecular flexibility index (Phi) is 8.62. The van der Waals surface area contributed by atoms with Crippen molar-refractivity contribution in [1.82, 2.24) is 14.7 Å². The summed E-state index contributed by atoms with van der Waals surface area (Å²) in [6.45, 7) is 0.691. The minimum Gasteiger partial charge on any atom is -0.390 e. The van der Waals surface area contributed by atoms with Gasteiger partial charge in [0.25, 0.3) is 0 Å². The molecule has 13 heteroatoms. The Bertz CT molecular complexity index is 1440. The zero-order valence-electron chi connectivity index (χ0n) is 21.2. The molecule has 0 bridgehead atoms. The normalized spacial score (nSPS) is 23.3. The lowest BCUT2D eigenvalue weighted by Gasteiger charge is -2.15. The number of hydrogen-bond acceptors (Lipinski definition) is 10. The molecule has 3 N–H and O–H groups in total. The van der Waals surface area contributed by atoms with Crippen LogP contribution in [0.3, 0.4) is 0 Å². The number of thiophene rings is 1. The van der Waals surface area contributed by atoms with Crippen LogP contribution in [-0.4, -0.2) is 61.2 Å². The number of ketones is 1. The van der Waals surface area contributed by atoms with E-state index in [-0.39, 0.29) is 36.3 Å². The number of rotatable bonds is 10. The Morgan fingerprint density at radius 1 is 1.31 bits per heavy atom. The van der Waals surface area contributed by atoms with Crippen LogP contribution in [-0.2, 0) is 25.6 Å². The quantitative estimate of drug-likeness (QED) is 0.301. The number of aliphatic hydroxyl groups is 1. The molecule has 3 heterocycles. The molecule has 0 unspecified atom stereocenters. The summed E-state index contributed by atoms with van der Waals surface area (Å²) in [6, 6.07) is 9.21. The lowest BCUT2D eigenvalue weighted by Crippen LogP contribution is -2.31. The van der Waals surface area contributed by atoms with Gasteiger partial charge in [-0.3, -0.25) is 8.98 Å². The molecule has 5 rings (SSSR count). The van der Waals surface area contributed by atoms with Gasteiger partial charge in [-0.25, -0.2) is 9.97 Å². The Morgan fingerprint density at radius 3 is 2.90 bits per heavy atom. The van der Waals surface area contributed by atoms with Crippen LogP contribution in [0, 0.1) is 0 Å². The molecule has 208 valence electrons. The number of ether oxygens (including phenoxy) is 1. The van der Waals surface area contributed by atoms with Crippen molar-refractivity contribution in [2.24, 2.45) is 0 Å². The van der Waals surface area contributed by atoms with Crippen LogP contribution < -0.4 is 10.0 Å². The van der Waals surface area contributed by atoms with Gasteiger partial charge < -0.3 is 15.2 Å². The summed E-state index contributed by atoms with van der Waals surface area (Å²) in [5.74, 6) is 0.0802. The standard InChI is InChI=1S/C26H29ClN4O6S2/c1-28-39(34,35)37-22-12-18(11-20(22)32)31-26-19(13-29-14-30-26)24(33)23-10-16(8-15-4-2-5-17(27)9-15)25(38-23)21-6-3-7-36-21/h2,4-5,9-10,13-14,18,20-22,28,32H,3,6-8,11-12H2,1H3,(H,29,30,31)/t18-,20+,21+,22-/m1/s1. The molecule has 1 saturated heterocycles. The summed E-state index contributed by atoms with van der Waals surface area (Å²) >= 11 is 7.62. The van der Waals surface area contributed by atoms with Crippen LogP contribution in [0.5, 0.6) is 0 Å². The van der Waals surface area contributed by atoms with Crippen molar-refractivity contribution in [3.05, 3.63) is 74.3 Å². The first kappa shape index (κ1) is 28.1. The molecule has 2 fully saturated rings. The highest BCUT2D eigenvalue weighted by Gasteiger charge is 2.37. The van der Waals surface area contributed by atoms with Crippen LogP contribution in [0.1, 0.15) is 63.0 Å². The second kappa shape index (κ2) is 12.0. The molecule has 4 atom stereocenters. The van der Waals surface area contributed by atoms with E-state index in [1.165, 1.54) is 30.9 Å². The maximum Gasteiger partial charge on any atom is 0.335 e. The Hall–Kier alpha value is -2.45. The van der Waals surface area contributed by atoms with E-state index in [0.29, 0.717) is 28.7 Å². The lowest BCUT2D eigenvalue weighted by atomic mass is 10.0. The summed E-state index contributed by atoms with van der Waals surface area (Å²) in [5, 5.41) is 14.2. The fraction of sp³-hybridized carbons (Fsp3) is 0.423. The zero-order valence-corrected chi connectivity index (χ0v) is 23.6. The second-order valence-electron chi connectivity index (χ2n) is 9.60. The first-order valence-corrected chi connectivity index (χ1v) is 15.2. The number of benzene rings is 1. The van der Waals surface area contributed by atoms with Crippen molar-refractivity contribution in [3.8, 4) is 0 Å². The summed E-state index contributed by atoms with van der Waals surface area (Å²) in [6.07, 6.45) is 3.76. The molecular weight excluding hydrogens is 564 g/mol. The monoisotopic (exact) mass is 592 g/mol. The van der Waals surface area contributed by atoms with Gasteiger partial charge in [0.2, 0.25) is 5.78 Å². The molecule has 1 saturated carbocycles. The lowest BCUT2D eigenvalue weighted by molar-refractivity contribution is 0.0636. The van der Waals surface area contributed by atoms with Gasteiger partial charge in [0.1, 0.15) is 18.2 Å². The number of aliphatic hydroxyl groups excluding tert-OH is 1. The predicted molar refractivity (Wildman–Crippen MR) is 147 cm³/mol. The molecule has 10 nitrogen and oxygen atoms in total. The second-order valence-corrected chi connectivity index (χ2v) is 12.6. The number of hydrogen-bond donors (Lipinski definition) is 3. The number of anilines is 1. The maximum absolute atomic E-state index is 13.7. The van der Waals surface area contributed by atoms with E-state index in [0.717, 1.165) is 28.8 Å². The van der Waals surface area contributed by atoms with Gasteiger partial charge in [0, 0.05) is 35.8 Å². The number of nitrogens with zero attached hydrogens (tertiary/aromatic N) is 2. The third kappa shape index (κ3) is 6.65. The predicted octanol–water partition coefficient (Wildman–Crippen LogP) is 3.65. The van der Waals surface area contributed by atoms with Crippen LogP contribution in [0.25, 0.3) is 0 Å². The van der Waals surface area contributed by atoms with E-state index in [1.807, 2.05) is 30.3 Å². The Morgan fingerprint density at radius 2 is 2.15 bits per heavy atom. The molecule has 0 spiro atoms. The van der Waals surface area contributed by atoms with Gasteiger partial charge in [-0.15, -0.1) is 11.3 Å². The van der Waals surface area contributed by atoms with Crippen LogP contribution >= 0.6 is 22.9 Å². The van der Waals surface area contributed by atoms with Crippen molar-refractivity contribution < 1.29 is 27.2 Å². The molecule has 0 radical (unpaired) electrons. The van der Waals surface area contributed by atoms with E-state index >= 15 is 0 Å². The number of aromatic nitrogens is 2. The number of carbonyl (C=O) groups excluding carboxylic acids is 1. The number of halogens is 1.